The second-order valence-electron chi connectivity index (χ2n) is 7.64. The van der Waals surface area contributed by atoms with Gasteiger partial charge >= 0.3 is 0 Å². The Hall–Kier alpha value is -4.28. The van der Waals surface area contributed by atoms with Gasteiger partial charge in [-0.05, 0) is 30.3 Å². The van der Waals surface area contributed by atoms with E-state index in [0.717, 1.165) is 22.8 Å². The van der Waals surface area contributed by atoms with Gasteiger partial charge in [-0.1, -0.05) is 12.1 Å². The van der Waals surface area contributed by atoms with Gasteiger partial charge in [0, 0.05) is 38.8 Å². The minimum atomic E-state index is -0.0357. The molecule has 0 unspecified atom stereocenters. The van der Waals surface area contributed by atoms with Crippen molar-refractivity contribution in [2.45, 2.75) is 0 Å². The van der Waals surface area contributed by atoms with Crippen LogP contribution in [0.5, 0.6) is 5.75 Å². The molecule has 1 aliphatic heterocycles. The molecule has 5 rings (SSSR count). The molecule has 0 aliphatic carbocycles. The molecule has 11 nitrogen and oxygen atoms in total. The zero-order valence-corrected chi connectivity index (χ0v) is 18.4. The fourth-order valence-corrected chi connectivity index (χ4v) is 3.83. The first-order valence-corrected chi connectivity index (χ1v) is 10.5. The molecule has 4 heterocycles. The van der Waals surface area contributed by atoms with Gasteiger partial charge < -0.3 is 14.5 Å². The van der Waals surface area contributed by atoms with Gasteiger partial charge in [-0.15, -0.1) is 10.2 Å². The molecule has 1 aromatic carbocycles. The first-order valence-electron chi connectivity index (χ1n) is 10.5. The third kappa shape index (κ3) is 4.12. The molecule has 11 heteroatoms. The van der Waals surface area contributed by atoms with Crippen molar-refractivity contribution in [1.82, 2.24) is 39.6 Å². The van der Waals surface area contributed by atoms with Crippen LogP contribution in [0, 0.1) is 0 Å². The molecule has 1 fully saturated rings. The lowest BCUT2D eigenvalue weighted by molar-refractivity contribution is 0.0735. The van der Waals surface area contributed by atoms with Crippen molar-refractivity contribution in [3.63, 3.8) is 0 Å². The molecule has 0 bridgehead atoms. The number of hydrogen-bond donors (Lipinski definition) is 0. The molecule has 3 aromatic heterocycles. The summed E-state index contributed by atoms with van der Waals surface area (Å²) < 4.78 is 8.49. The number of aromatic nitrogens is 7. The van der Waals surface area contributed by atoms with Crippen LogP contribution >= 0.6 is 0 Å². The van der Waals surface area contributed by atoms with Crippen LogP contribution in [-0.2, 0) is 7.05 Å². The summed E-state index contributed by atoms with van der Waals surface area (Å²) in [6, 6.07) is 13.2. The molecule has 168 valence electrons. The lowest BCUT2D eigenvalue weighted by Crippen LogP contribution is -2.49. The van der Waals surface area contributed by atoms with Gasteiger partial charge in [0.25, 0.3) is 5.91 Å². The lowest BCUT2D eigenvalue weighted by atomic mass is 10.1. The minimum absolute atomic E-state index is 0.0357. The summed E-state index contributed by atoms with van der Waals surface area (Å²) in [4.78, 5) is 21.1. The number of benzene rings is 1. The van der Waals surface area contributed by atoms with Crippen molar-refractivity contribution in [2.75, 3.05) is 38.2 Å². The number of amides is 1. The first kappa shape index (κ1) is 20.6. The molecule has 0 radical (unpaired) electrons. The number of aryl methyl sites for hydroxylation is 1. The average Bonchev–Trinajstić information content (AvgIpc) is 3.54. The maximum atomic E-state index is 13.2. The highest BCUT2D eigenvalue weighted by molar-refractivity contribution is 5.94. The number of ether oxygens (including phenoxy) is 1. The predicted octanol–water partition coefficient (Wildman–Crippen LogP) is 1.43. The van der Waals surface area contributed by atoms with E-state index in [1.807, 2.05) is 47.4 Å². The van der Waals surface area contributed by atoms with Crippen molar-refractivity contribution in [1.29, 1.82) is 0 Å². The van der Waals surface area contributed by atoms with Crippen LogP contribution in [0.2, 0.25) is 0 Å². The van der Waals surface area contributed by atoms with Gasteiger partial charge in [-0.2, -0.15) is 10.2 Å². The third-order valence-corrected chi connectivity index (χ3v) is 5.65. The minimum Gasteiger partial charge on any atom is -0.497 e. The number of rotatable bonds is 5. The fraction of sp³-hybridized carbons (Fsp3) is 0.273. The molecule has 33 heavy (non-hydrogen) atoms. The quantitative estimate of drug-likeness (QED) is 0.454. The van der Waals surface area contributed by atoms with E-state index in [1.165, 1.54) is 6.33 Å². The summed E-state index contributed by atoms with van der Waals surface area (Å²) >= 11 is 0. The molecule has 4 aromatic rings. The molecule has 0 spiro atoms. The summed E-state index contributed by atoms with van der Waals surface area (Å²) in [5, 5.41) is 17.1. The Bertz CT molecular complexity index is 1240. The smallest absolute Gasteiger partial charge is 0.272 e. The molecule has 0 N–H and O–H groups in total. The van der Waals surface area contributed by atoms with E-state index in [1.54, 1.807) is 29.8 Å². The van der Waals surface area contributed by atoms with E-state index in [0.29, 0.717) is 37.7 Å². The Morgan fingerprint density at radius 1 is 1.00 bits per heavy atom. The maximum absolute atomic E-state index is 13.2. The summed E-state index contributed by atoms with van der Waals surface area (Å²) in [6.45, 7) is 2.52. The van der Waals surface area contributed by atoms with Crippen LogP contribution in [0.3, 0.4) is 0 Å². The molecule has 0 saturated carbocycles. The zero-order chi connectivity index (χ0) is 22.8. The fourth-order valence-electron chi connectivity index (χ4n) is 3.83. The number of hydrogen-bond acceptors (Lipinski definition) is 8. The number of methoxy groups -OCH3 is 1. The number of piperazine rings is 1. The number of carbonyl (C=O) groups excluding carboxylic acids is 1. The van der Waals surface area contributed by atoms with Crippen molar-refractivity contribution < 1.29 is 9.53 Å². The van der Waals surface area contributed by atoms with Gasteiger partial charge in [0.2, 0.25) is 0 Å². The summed E-state index contributed by atoms with van der Waals surface area (Å²) in [6.07, 6.45) is 3.03. The van der Waals surface area contributed by atoms with Gasteiger partial charge in [-0.25, -0.2) is 9.67 Å². The van der Waals surface area contributed by atoms with Gasteiger partial charge in [0.05, 0.1) is 12.8 Å². The Labute approximate surface area is 190 Å². The van der Waals surface area contributed by atoms with Gasteiger partial charge in [0.15, 0.2) is 11.6 Å². The second-order valence-corrected chi connectivity index (χ2v) is 7.64. The predicted molar refractivity (Wildman–Crippen MR) is 120 cm³/mol. The van der Waals surface area contributed by atoms with Crippen LogP contribution in [0.4, 0.5) is 5.82 Å². The lowest BCUT2D eigenvalue weighted by Gasteiger charge is -2.35. The van der Waals surface area contributed by atoms with E-state index in [9.17, 15) is 4.79 Å². The topological polar surface area (TPSA) is 107 Å². The highest BCUT2D eigenvalue weighted by Crippen LogP contribution is 2.24. The average molecular weight is 445 g/mol. The Morgan fingerprint density at radius 2 is 1.79 bits per heavy atom. The van der Waals surface area contributed by atoms with Crippen molar-refractivity contribution in [3.8, 4) is 22.8 Å². The van der Waals surface area contributed by atoms with E-state index in [4.69, 9.17) is 4.74 Å². The summed E-state index contributed by atoms with van der Waals surface area (Å²) in [5.41, 5.74) is 2.20. The Balaban J connectivity index is 1.25. The van der Waals surface area contributed by atoms with Crippen molar-refractivity contribution in [2.24, 2.45) is 7.05 Å². The Kier molecular flexibility index (Phi) is 5.43. The molecular weight excluding hydrogens is 422 g/mol. The van der Waals surface area contributed by atoms with Crippen molar-refractivity contribution in [3.05, 3.63) is 60.8 Å². The second kappa shape index (κ2) is 8.69. The SMILES string of the molecule is COc1cccc(-c2cc(C(=O)N3CCN(c4ccc(-n5cncn5)nn4)CC3)n(C)n2)c1. The molecule has 1 amide bonds. The highest BCUT2D eigenvalue weighted by Gasteiger charge is 2.25. The van der Waals surface area contributed by atoms with E-state index < -0.39 is 0 Å². The van der Waals surface area contributed by atoms with Crippen LogP contribution in [0.25, 0.3) is 17.1 Å². The van der Waals surface area contributed by atoms with Gasteiger partial charge in [0.1, 0.15) is 24.1 Å². The number of anilines is 1. The van der Waals surface area contributed by atoms with Crippen LogP contribution in [-0.4, -0.2) is 78.8 Å². The van der Waals surface area contributed by atoms with Crippen LogP contribution in [0.15, 0.2) is 55.1 Å². The maximum Gasteiger partial charge on any atom is 0.272 e. The summed E-state index contributed by atoms with van der Waals surface area (Å²) in [5.74, 6) is 2.09. The zero-order valence-electron chi connectivity index (χ0n) is 18.4. The van der Waals surface area contributed by atoms with Crippen LogP contribution < -0.4 is 9.64 Å². The largest absolute Gasteiger partial charge is 0.497 e. The Morgan fingerprint density at radius 3 is 2.48 bits per heavy atom. The standard InChI is InChI=1S/C22H23N9O2/c1-28-19(13-18(27-28)16-4-3-5-17(12-16)33-2)22(32)30-10-8-29(9-11-30)20-6-7-21(26-25-20)31-15-23-14-24-31/h3-7,12-15H,8-11H2,1-2H3. The van der Waals surface area contributed by atoms with Gasteiger partial charge in [-0.3, -0.25) is 9.48 Å². The third-order valence-electron chi connectivity index (χ3n) is 5.65. The first-order chi connectivity index (χ1) is 16.1. The molecule has 1 aliphatic rings. The normalized spacial score (nSPS) is 13.9. The van der Waals surface area contributed by atoms with E-state index in [2.05, 4.69) is 30.3 Å². The highest BCUT2D eigenvalue weighted by atomic mass is 16.5. The molecular formula is C22H23N9O2. The van der Waals surface area contributed by atoms with E-state index in [-0.39, 0.29) is 5.91 Å². The summed E-state index contributed by atoms with van der Waals surface area (Å²) in [7, 11) is 3.42. The van der Waals surface area contributed by atoms with Crippen LogP contribution in [0.1, 0.15) is 10.5 Å². The van der Waals surface area contributed by atoms with E-state index >= 15 is 0 Å². The number of nitrogens with zero attached hydrogens (tertiary/aromatic N) is 9. The number of carbonyl (C=O) groups is 1. The molecule has 0 atom stereocenters. The monoisotopic (exact) mass is 445 g/mol. The molecule has 1 saturated heterocycles. The van der Waals surface area contributed by atoms with Crippen molar-refractivity contribution >= 4 is 11.7 Å².